The van der Waals surface area contributed by atoms with E-state index in [4.69, 9.17) is 21.4 Å². The van der Waals surface area contributed by atoms with Gasteiger partial charge >= 0.3 is 0 Å². The number of halogens is 1. The van der Waals surface area contributed by atoms with Gasteiger partial charge in [0.05, 0.1) is 24.8 Å². The van der Waals surface area contributed by atoms with E-state index < -0.39 is 0 Å². The molecule has 0 bridgehead atoms. The lowest BCUT2D eigenvalue weighted by Crippen LogP contribution is -2.01. The lowest BCUT2D eigenvalue weighted by atomic mass is 10.1. The molecule has 0 aliphatic rings. The fraction of sp³-hybridized carbons (Fsp3) is 0.100. The smallest absolute Gasteiger partial charge is 0.143 e. The number of ether oxygens (including phenoxy) is 1. The maximum absolute atomic E-state index is 6.08. The van der Waals surface area contributed by atoms with Crippen LogP contribution < -0.4 is 4.74 Å². The molecule has 2 aromatic carbocycles. The quantitative estimate of drug-likeness (QED) is 0.440. The number of hydrogen-bond acceptors (Lipinski definition) is 4. The van der Waals surface area contributed by atoms with Crippen LogP contribution in [-0.4, -0.2) is 32.7 Å². The van der Waals surface area contributed by atoms with Gasteiger partial charge in [0.1, 0.15) is 16.5 Å². The molecule has 0 atom stereocenters. The maximum Gasteiger partial charge on any atom is 0.143 e. The van der Waals surface area contributed by atoms with Crippen molar-refractivity contribution in [1.82, 2.24) is 19.3 Å². The molecule has 27 heavy (non-hydrogen) atoms. The highest BCUT2D eigenvalue weighted by atomic mass is 35.5. The molecule has 0 N–H and O–H groups in total. The average molecular weight is 397 g/mol. The van der Waals surface area contributed by atoms with E-state index in [1.165, 1.54) is 0 Å². The minimum absolute atomic E-state index is 0.689. The first-order chi connectivity index (χ1) is 13.2. The molecule has 5 nitrogen and oxygen atoms in total. The van der Waals surface area contributed by atoms with Crippen molar-refractivity contribution in [1.29, 1.82) is 0 Å². The average Bonchev–Trinajstić information content (AvgIpc) is 3.36. The zero-order valence-electron chi connectivity index (χ0n) is 14.8. The number of thioether (sulfide) groups is 1. The minimum atomic E-state index is 0.689. The van der Waals surface area contributed by atoms with Crippen LogP contribution in [-0.2, 0) is 0 Å². The van der Waals surface area contributed by atoms with Gasteiger partial charge in [0.15, 0.2) is 0 Å². The van der Waals surface area contributed by atoms with Crippen molar-refractivity contribution in [2.24, 2.45) is 0 Å². The summed E-state index contributed by atoms with van der Waals surface area (Å²) in [5.41, 5.74) is 3.86. The fourth-order valence-electron chi connectivity index (χ4n) is 2.95. The van der Waals surface area contributed by atoms with Crippen molar-refractivity contribution in [3.63, 3.8) is 0 Å². The Kier molecular flexibility index (Phi) is 4.92. The second-order valence-electron chi connectivity index (χ2n) is 5.80. The summed E-state index contributed by atoms with van der Waals surface area (Å²) in [5.74, 6) is 0.790. The number of aromatic nitrogens is 4. The molecule has 0 amide bonds. The molecule has 0 fully saturated rings. The molecule has 2 aromatic heterocycles. The van der Waals surface area contributed by atoms with Crippen LogP contribution in [0, 0.1) is 0 Å². The molecule has 7 heteroatoms. The number of benzene rings is 2. The third-order valence-corrected chi connectivity index (χ3v) is 5.11. The van der Waals surface area contributed by atoms with E-state index in [0.717, 1.165) is 33.4 Å². The number of methoxy groups -OCH3 is 1. The van der Waals surface area contributed by atoms with Gasteiger partial charge in [-0.3, -0.25) is 0 Å². The Hall–Kier alpha value is -2.70. The minimum Gasteiger partial charge on any atom is -0.497 e. The van der Waals surface area contributed by atoms with Gasteiger partial charge in [-0.15, -0.1) is 11.8 Å². The maximum atomic E-state index is 6.08. The molecule has 0 unspecified atom stereocenters. The summed E-state index contributed by atoms with van der Waals surface area (Å²) in [6.45, 7) is 0. The molecule has 0 radical (unpaired) electrons. The van der Waals surface area contributed by atoms with E-state index in [0.29, 0.717) is 5.02 Å². The highest BCUT2D eigenvalue weighted by Crippen LogP contribution is 2.37. The second kappa shape index (κ2) is 7.50. The van der Waals surface area contributed by atoms with Crippen LogP contribution >= 0.6 is 23.4 Å². The van der Waals surface area contributed by atoms with E-state index in [1.807, 2.05) is 64.2 Å². The van der Waals surface area contributed by atoms with Gasteiger partial charge in [-0.1, -0.05) is 23.7 Å². The van der Waals surface area contributed by atoms with Crippen LogP contribution in [0.5, 0.6) is 5.75 Å². The predicted octanol–water partition coefficient (Wildman–Crippen LogP) is 5.11. The predicted molar refractivity (Wildman–Crippen MR) is 109 cm³/mol. The molecule has 4 aromatic rings. The van der Waals surface area contributed by atoms with Crippen LogP contribution in [0.15, 0.2) is 72.3 Å². The summed E-state index contributed by atoms with van der Waals surface area (Å²) in [5, 5.41) is 6.46. The molecule has 0 spiro atoms. The monoisotopic (exact) mass is 396 g/mol. The van der Waals surface area contributed by atoms with Crippen molar-refractivity contribution in [2.45, 2.75) is 5.03 Å². The van der Waals surface area contributed by atoms with E-state index in [1.54, 1.807) is 31.4 Å². The van der Waals surface area contributed by atoms with E-state index >= 15 is 0 Å². The number of nitrogens with zero attached hydrogens (tertiary/aromatic N) is 4. The standard InChI is InChI=1S/C20H17ClN4OS/c1-26-17-5-3-4-14(12-17)18-19(24-11-10-22-13-24)20(27-2)23-25(18)16-8-6-15(21)7-9-16/h3-13H,1-2H3. The van der Waals surface area contributed by atoms with Crippen LogP contribution in [0.2, 0.25) is 5.02 Å². The van der Waals surface area contributed by atoms with Crippen LogP contribution in [0.25, 0.3) is 22.6 Å². The molecule has 0 saturated heterocycles. The van der Waals surface area contributed by atoms with Gasteiger partial charge in [-0.05, 0) is 42.7 Å². The normalized spacial score (nSPS) is 10.9. The Morgan fingerprint density at radius 1 is 1.11 bits per heavy atom. The summed E-state index contributed by atoms with van der Waals surface area (Å²) in [7, 11) is 1.67. The number of hydrogen-bond donors (Lipinski definition) is 0. The zero-order chi connectivity index (χ0) is 18.8. The molecule has 136 valence electrons. The third-order valence-electron chi connectivity index (χ3n) is 4.20. The van der Waals surface area contributed by atoms with E-state index in [2.05, 4.69) is 11.1 Å². The Morgan fingerprint density at radius 2 is 1.93 bits per heavy atom. The van der Waals surface area contributed by atoms with Crippen LogP contribution in [0.4, 0.5) is 0 Å². The number of imidazole rings is 1. The van der Waals surface area contributed by atoms with Crippen molar-refractivity contribution in [2.75, 3.05) is 13.4 Å². The molecular formula is C20H17ClN4OS. The highest BCUT2D eigenvalue weighted by Gasteiger charge is 2.22. The summed E-state index contributed by atoms with van der Waals surface area (Å²) in [6.07, 6.45) is 7.49. The number of rotatable bonds is 5. The molecule has 0 aliphatic carbocycles. The molecule has 0 aliphatic heterocycles. The van der Waals surface area contributed by atoms with E-state index in [9.17, 15) is 0 Å². The first kappa shape index (κ1) is 17.7. The summed E-state index contributed by atoms with van der Waals surface area (Å²) in [4.78, 5) is 4.21. The summed E-state index contributed by atoms with van der Waals surface area (Å²) < 4.78 is 9.35. The fourth-order valence-corrected chi connectivity index (χ4v) is 3.63. The Balaban J connectivity index is 2.02. The van der Waals surface area contributed by atoms with Crippen molar-refractivity contribution in [3.05, 3.63) is 72.3 Å². The summed E-state index contributed by atoms with van der Waals surface area (Å²) >= 11 is 7.67. The third kappa shape index (κ3) is 3.34. The first-order valence-corrected chi connectivity index (χ1v) is 9.87. The van der Waals surface area contributed by atoms with Crippen molar-refractivity contribution in [3.8, 4) is 28.4 Å². The lowest BCUT2D eigenvalue weighted by molar-refractivity contribution is 0.415. The highest BCUT2D eigenvalue weighted by molar-refractivity contribution is 7.98. The van der Waals surface area contributed by atoms with Crippen LogP contribution in [0.1, 0.15) is 0 Å². The summed E-state index contributed by atoms with van der Waals surface area (Å²) in [6, 6.07) is 15.6. The molecule has 4 rings (SSSR count). The molecular weight excluding hydrogens is 380 g/mol. The van der Waals surface area contributed by atoms with Gasteiger partial charge in [0.2, 0.25) is 0 Å². The largest absolute Gasteiger partial charge is 0.497 e. The Morgan fingerprint density at radius 3 is 2.59 bits per heavy atom. The van der Waals surface area contributed by atoms with Gasteiger partial charge in [-0.25, -0.2) is 9.67 Å². The second-order valence-corrected chi connectivity index (χ2v) is 7.03. The van der Waals surface area contributed by atoms with Crippen LogP contribution in [0.3, 0.4) is 0 Å². The zero-order valence-corrected chi connectivity index (χ0v) is 16.4. The van der Waals surface area contributed by atoms with Gasteiger partial charge < -0.3 is 9.30 Å². The van der Waals surface area contributed by atoms with Crippen molar-refractivity contribution < 1.29 is 4.74 Å². The van der Waals surface area contributed by atoms with Gasteiger partial charge in [0.25, 0.3) is 0 Å². The van der Waals surface area contributed by atoms with E-state index in [-0.39, 0.29) is 0 Å². The SMILES string of the molecule is COc1cccc(-c2c(-n3ccnc3)c(SC)nn2-c2ccc(Cl)cc2)c1. The first-order valence-electron chi connectivity index (χ1n) is 8.27. The topological polar surface area (TPSA) is 44.9 Å². The molecule has 2 heterocycles. The molecule has 0 saturated carbocycles. The Bertz CT molecular complexity index is 1060. The Labute approximate surface area is 166 Å². The lowest BCUT2D eigenvalue weighted by Gasteiger charge is -2.12. The van der Waals surface area contributed by atoms with Gasteiger partial charge in [-0.2, -0.15) is 5.10 Å². The van der Waals surface area contributed by atoms with Crippen molar-refractivity contribution >= 4 is 23.4 Å². The van der Waals surface area contributed by atoms with Gasteiger partial charge in [0, 0.05) is 23.0 Å².